The van der Waals surface area contributed by atoms with Gasteiger partial charge in [0.2, 0.25) is 5.88 Å². The number of benzene rings is 2. The first kappa shape index (κ1) is 21.9. The number of anilines is 1. The molecule has 0 amide bonds. The molecular weight excluding hydrogens is 396 g/mol. The second-order valence-electron chi connectivity index (χ2n) is 6.88. The molecule has 2 N–H and O–H groups in total. The minimum Gasteiger partial charge on any atom is -0.497 e. The van der Waals surface area contributed by atoms with E-state index in [0.29, 0.717) is 17.1 Å². The molecular formula is C23H26N4O4. The van der Waals surface area contributed by atoms with E-state index in [2.05, 4.69) is 28.7 Å². The molecule has 2 aromatic carbocycles. The van der Waals surface area contributed by atoms with Crippen molar-refractivity contribution in [1.29, 1.82) is 0 Å². The maximum absolute atomic E-state index is 12.5. The lowest BCUT2D eigenvalue weighted by Gasteiger charge is -2.20. The van der Waals surface area contributed by atoms with Crippen LogP contribution in [0.2, 0.25) is 0 Å². The number of aliphatic imine (C=N–C) groups is 1. The highest BCUT2D eigenvalue weighted by Gasteiger charge is 2.18. The lowest BCUT2D eigenvalue weighted by Crippen LogP contribution is -2.32. The number of nitrogens with one attached hydrogen (secondary N) is 1. The van der Waals surface area contributed by atoms with Crippen molar-refractivity contribution in [2.45, 2.75) is 20.8 Å². The second-order valence-corrected chi connectivity index (χ2v) is 6.88. The van der Waals surface area contributed by atoms with Gasteiger partial charge < -0.3 is 14.7 Å². The SMILES string of the molecule is CCN(CC)c1ccc(N=C(C)c2c(O)n(-c3ccc(OC)cc3)c(=O)[nH]c2=O)cc1. The van der Waals surface area contributed by atoms with Crippen LogP contribution in [0.15, 0.2) is 63.1 Å². The van der Waals surface area contributed by atoms with Gasteiger partial charge in [0, 0.05) is 18.8 Å². The summed E-state index contributed by atoms with van der Waals surface area (Å²) in [4.78, 5) is 33.8. The van der Waals surface area contributed by atoms with Crippen LogP contribution in [0.1, 0.15) is 26.3 Å². The van der Waals surface area contributed by atoms with Gasteiger partial charge in [0.25, 0.3) is 5.56 Å². The minimum absolute atomic E-state index is 0.0664. The average Bonchev–Trinajstić information content (AvgIpc) is 2.76. The van der Waals surface area contributed by atoms with Crippen molar-refractivity contribution >= 4 is 17.1 Å². The number of hydrogen-bond donors (Lipinski definition) is 2. The van der Waals surface area contributed by atoms with Gasteiger partial charge in [-0.25, -0.2) is 9.36 Å². The summed E-state index contributed by atoms with van der Waals surface area (Å²) in [6.45, 7) is 7.59. The highest BCUT2D eigenvalue weighted by molar-refractivity contribution is 6.01. The van der Waals surface area contributed by atoms with Gasteiger partial charge in [-0.1, -0.05) is 0 Å². The van der Waals surface area contributed by atoms with Crippen LogP contribution in [0.5, 0.6) is 11.6 Å². The molecule has 0 spiro atoms. The molecule has 0 bridgehead atoms. The van der Waals surface area contributed by atoms with Crippen LogP contribution in [0.3, 0.4) is 0 Å². The van der Waals surface area contributed by atoms with Gasteiger partial charge in [-0.3, -0.25) is 14.8 Å². The first-order chi connectivity index (χ1) is 14.9. The molecule has 31 heavy (non-hydrogen) atoms. The van der Waals surface area contributed by atoms with E-state index >= 15 is 0 Å². The second kappa shape index (κ2) is 9.34. The van der Waals surface area contributed by atoms with Gasteiger partial charge in [-0.05, 0) is 69.3 Å². The summed E-state index contributed by atoms with van der Waals surface area (Å²) in [5, 5.41) is 10.8. The van der Waals surface area contributed by atoms with E-state index in [4.69, 9.17) is 4.74 Å². The summed E-state index contributed by atoms with van der Waals surface area (Å²) >= 11 is 0. The van der Waals surface area contributed by atoms with E-state index in [1.54, 1.807) is 31.2 Å². The molecule has 0 saturated carbocycles. The van der Waals surface area contributed by atoms with Crippen LogP contribution >= 0.6 is 0 Å². The highest BCUT2D eigenvalue weighted by atomic mass is 16.5. The maximum atomic E-state index is 12.5. The van der Waals surface area contributed by atoms with Gasteiger partial charge >= 0.3 is 5.69 Å². The molecule has 1 aromatic heterocycles. The third-order valence-corrected chi connectivity index (χ3v) is 5.05. The molecule has 0 unspecified atom stereocenters. The summed E-state index contributed by atoms with van der Waals surface area (Å²) in [5.74, 6) is 0.131. The first-order valence-corrected chi connectivity index (χ1v) is 10.0. The number of rotatable bonds is 7. The Bertz CT molecular complexity index is 1190. The molecule has 8 nitrogen and oxygen atoms in total. The van der Waals surface area contributed by atoms with Gasteiger partial charge in [0.05, 0.1) is 24.2 Å². The van der Waals surface area contributed by atoms with Crippen molar-refractivity contribution in [2.75, 3.05) is 25.1 Å². The zero-order valence-corrected chi connectivity index (χ0v) is 18.0. The lowest BCUT2D eigenvalue weighted by molar-refractivity contribution is 0.414. The quantitative estimate of drug-likeness (QED) is 0.570. The van der Waals surface area contributed by atoms with Crippen molar-refractivity contribution < 1.29 is 9.84 Å². The van der Waals surface area contributed by atoms with E-state index in [1.807, 2.05) is 24.3 Å². The number of nitrogens with zero attached hydrogens (tertiary/aromatic N) is 3. The number of H-pyrrole nitrogens is 1. The number of aromatic amines is 1. The Labute approximate surface area is 180 Å². The average molecular weight is 422 g/mol. The van der Waals surface area contributed by atoms with Gasteiger partial charge in [0.15, 0.2) is 0 Å². The molecule has 1 heterocycles. The van der Waals surface area contributed by atoms with Crippen molar-refractivity contribution in [3.63, 3.8) is 0 Å². The van der Waals surface area contributed by atoms with E-state index in [0.717, 1.165) is 23.3 Å². The Morgan fingerprint density at radius 1 is 1.06 bits per heavy atom. The van der Waals surface area contributed by atoms with Crippen LogP contribution in [-0.4, -0.2) is 40.6 Å². The van der Waals surface area contributed by atoms with Crippen LogP contribution in [0, 0.1) is 0 Å². The largest absolute Gasteiger partial charge is 0.497 e. The summed E-state index contributed by atoms with van der Waals surface area (Å²) in [6.07, 6.45) is 0. The fourth-order valence-corrected chi connectivity index (χ4v) is 3.40. The number of methoxy groups -OCH3 is 1. The predicted octanol–water partition coefficient (Wildman–Crippen LogP) is 3.23. The lowest BCUT2D eigenvalue weighted by atomic mass is 10.2. The van der Waals surface area contributed by atoms with E-state index in [1.165, 1.54) is 7.11 Å². The molecule has 3 aromatic rings. The van der Waals surface area contributed by atoms with E-state index in [9.17, 15) is 14.7 Å². The normalized spacial score (nSPS) is 11.4. The Balaban J connectivity index is 2.03. The zero-order valence-electron chi connectivity index (χ0n) is 18.0. The molecule has 162 valence electrons. The van der Waals surface area contributed by atoms with Crippen molar-refractivity contribution in [3.05, 3.63) is 74.9 Å². The molecule has 0 saturated heterocycles. The van der Waals surface area contributed by atoms with Gasteiger partial charge in [-0.15, -0.1) is 0 Å². The topological polar surface area (TPSA) is 99.9 Å². The number of ether oxygens (including phenoxy) is 1. The van der Waals surface area contributed by atoms with Crippen molar-refractivity contribution in [2.24, 2.45) is 4.99 Å². The number of aromatic hydroxyl groups is 1. The van der Waals surface area contributed by atoms with Gasteiger partial charge in [-0.2, -0.15) is 0 Å². The van der Waals surface area contributed by atoms with Crippen molar-refractivity contribution in [1.82, 2.24) is 9.55 Å². The fraction of sp³-hybridized carbons (Fsp3) is 0.261. The summed E-state index contributed by atoms with van der Waals surface area (Å²) in [6, 6.07) is 14.2. The van der Waals surface area contributed by atoms with E-state index in [-0.39, 0.29) is 11.3 Å². The molecule has 0 aliphatic rings. The van der Waals surface area contributed by atoms with Crippen LogP contribution in [-0.2, 0) is 0 Å². The number of aromatic nitrogens is 2. The standard InChI is InChI=1S/C23H26N4O4/c1-5-26(6-2)17-9-7-16(8-10-17)24-15(3)20-21(28)25-23(30)27(22(20)29)18-11-13-19(31-4)14-12-18/h7-14,29H,5-6H2,1-4H3,(H,25,28,30). The maximum Gasteiger partial charge on any atom is 0.335 e. The Hall–Kier alpha value is -3.81. The third kappa shape index (κ3) is 4.53. The smallest absolute Gasteiger partial charge is 0.335 e. The Morgan fingerprint density at radius 3 is 2.23 bits per heavy atom. The Kier molecular flexibility index (Phi) is 6.59. The number of hydrogen-bond acceptors (Lipinski definition) is 6. The fourth-order valence-electron chi connectivity index (χ4n) is 3.40. The minimum atomic E-state index is -0.743. The highest BCUT2D eigenvalue weighted by Crippen LogP contribution is 2.23. The summed E-state index contributed by atoms with van der Waals surface area (Å²) in [7, 11) is 1.53. The summed E-state index contributed by atoms with van der Waals surface area (Å²) in [5.41, 5.74) is 0.878. The first-order valence-electron chi connectivity index (χ1n) is 10.0. The van der Waals surface area contributed by atoms with Crippen LogP contribution in [0.4, 0.5) is 11.4 Å². The van der Waals surface area contributed by atoms with Crippen LogP contribution in [0.25, 0.3) is 5.69 Å². The summed E-state index contributed by atoms with van der Waals surface area (Å²) < 4.78 is 6.15. The molecule has 0 atom stereocenters. The Morgan fingerprint density at radius 2 is 1.68 bits per heavy atom. The molecule has 0 aliphatic carbocycles. The third-order valence-electron chi connectivity index (χ3n) is 5.05. The van der Waals surface area contributed by atoms with Gasteiger partial charge in [0.1, 0.15) is 11.3 Å². The molecule has 0 aliphatic heterocycles. The van der Waals surface area contributed by atoms with E-state index < -0.39 is 17.1 Å². The van der Waals surface area contributed by atoms with Crippen molar-refractivity contribution in [3.8, 4) is 17.3 Å². The molecule has 0 fully saturated rings. The molecule has 0 radical (unpaired) electrons. The van der Waals surface area contributed by atoms with Crippen LogP contribution < -0.4 is 20.9 Å². The predicted molar refractivity (Wildman–Crippen MR) is 123 cm³/mol. The zero-order chi connectivity index (χ0) is 22.5. The molecule has 8 heteroatoms. The monoisotopic (exact) mass is 422 g/mol. The molecule has 3 rings (SSSR count).